The van der Waals surface area contributed by atoms with Gasteiger partial charge in [0.15, 0.2) is 6.29 Å². The highest BCUT2D eigenvalue weighted by Gasteiger charge is 2.57. The number of hydrogen-bond donors (Lipinski definition) is 0. The monoisotopic (exact) mass is 312 g/mol. The van der Waals surface area contributed by atoms with Crippen LogP contribution in [0.15, 0.2) is 0 Å². The minimum absolute atomic E-state index is 0.179. The Hall–Kier alpha value is -0.650. The number of ether oxygens (including phenoxy) is 4. The van der Waals surface area contributed by atoms with Crippen molar-refractivity contribution in [3.8, 4) is 0 Å². The van der Waals surface area contributed by atoms with E-state index in [0.717, 1.165) is 19.3 Å². The molecular formula is C17H28O5. The van der Waals surface area contributed by atoms with Crippen molar-refractivity contribution in [3.63, 3.8) is 0 Å². The third-order valence-corrected chi connectivity index (χ3v) is 5.52. The zero-order chi connectivity index (χ0) is 16.0. The van der Waals surface area contributed by atoms with Crippen molar-refractivity contribution in [2.24, 2.45) is 17.8 Å². The minimum Gasteiger partial charge on any atom is -0.433 e. The van der Waals surface area contributed by atoms with Crippen molar-refractivity contribution in [3.05, 3.63) is 0 Å². The molecule has 22 heavy (non-hydrogen) atoms. The molecule has 126 valence electrons. The summed E-state index contributed by atoms with van der Waals surface area (Å²) in [5.74, 6) is 0.222. The van der Waals surface area contributed by atoms with Crippen LogP contribution in [-0.2, 0) is 23.7 Å². The van der Waals surface area contributed by atoms with E-state index < -0.39 is 17.7 Å². The first-order valence-corrected chi connectivity index (χ1v) is 8.50. The predicted octanol–water partition coefficient (Wildman–Crippen LogP) is 2.87. The average Bonchev–Trinajstić information content (AvgIpc) is 2.95. The highest BCUT2D eigenvalue weighted by molar-refractivity contribution is 5.72. The smallest absolute Gasteiger partial charge is 0.311 e. The third-order valence-electron chi connectivity index (χ3n) is 5.52. The molecule has 5 nitrogen and oxygen atoms in total. The van der Waals surface area contributed by atoms with Crippen LogP contribution in [0.1, 0.15) is 53.4 Å². The van der Waals surface area contributed by atoms with Gasteiger partial charge in [-0.15, -0.1) is 0 Å². The Morgan fingerprint density at radius 3 is 2.50 bits per heavy atom. The van der Waals surface area contributed by atoms with Gasteiger partial charge in [0.1, 0.15) is 5.60 Å². The van der Waals surface area contributed by atoms with Gasteiger partial charge in [0.05, 0.1) is 19.6 Å². The summed E-state index contributed by atoms with van der Waals surface area (Å²) in [4.78, 5) is 12.3. The fraction of sp³-hybridized carbons (Fsp3) is 0.941. The molecule has 1 spiro atoms. The van der Waals surface area contributed by atoms with Crippen LogP contribution >= 0.6 is 0 Å². The largest absolute Gasteiger partial charge is 0.433 e. The summed E-state index contributed by atoms with van der Waals surface area (Å²) in [6.07, 6.45) is 2.63. The number of rotatable bonds is 2. The van der Waals surface area contributed by atoms with Crippen LogP contribution in [-0.4, -0.2) is 36.9 Å². The second-order valence-electron chi connectivity index (χ2n) is 7.64. The molecule has 0 amide bonds. The summed E-state index contributed by atoms with van der Waals surface area (Å²) in [6.45, 7) is 9.58. The Bertz CT molecular complexity index is 431. The lowest BCUT2D eigenvalue weighted by Crippen LogP contribution is -2.61. The molecule has 0 N–H and O–H groups in total. The third kappa shape index (κ3) is 2.79. The van der Waals surface area contributed by atoms with Crippen molar-refractivity contribution in [2.75, 3.05) is 13.2 Å². The summed E-state index contributed by atoms with van der Waals surface area (Å²) in [5, 5.41) is 0. The van der Waals surface area contributed by atoms with Crippen molar-refractivity contribution >= 4 is 5.97 Å². The summed E-state index contributed by atoms with van der Waals surface area (Å²) in [7, 11) is 0. The van der Waals surface area contributed by atoms with Crippen molar-refractivity contribution in [2.45, 2.75) is 71.1 Å². The lowest BCUT2D eigenvalue weighted by Gasteiger charge is -2.53. The topological polar surface area (TPSA) is 54.0 Å². The molecule has 5 heteroatoms. The predicted molar refractivity (Wildman–Crippen MR) is 80.0 cm³/mol. The van der Waals surface area contributed by atoms with E-state index in [1.54, 1.807) is 0 Å². The molecular weight excluding hydrogens is 284 g/mol. The van der Waals surface area contributed by atoms with Gasteiger partial charge in [-0.2, -0.15) is 0 Å². The fourth-order valence-electron chi connectivity index (χ4n) is 4.02. The van der Waals surface area contributed by atoms with E-state index in [9.17, 15) is 4.79 Å². The van der Waals surface area contributed by atoms with Crippen LogP contribution in [0.25, 0.3) is 0 Å². The molecule has 0 aromatic rings. The maximum atomic E-state index is 12.3. The maximum Gasteiger partial charge on any atom is 0.311 e. The van der Waals surface area contributed by atoms with Gasteiger partial charge in [0, 0.05) is 12.3 Å². The second kappa shape index (κ2) is 5.77. The van der Waals surface area contributed by atoms with Crippen molar-refractivity contribution in [1.29, 1.82) is 0 Å². The number of carbonyl (C=O) groups excluding carboxylic acids is 1. The molecule has 2 saturated heterocycles. The van der Waals surface area contributed by atoms with E-state index in [4.69, 9.17) is 18.9 Å². The van der Waals surface area contributed by atoms with Crippen molar-refractivity contribution < 1.29 is 23.7 Å². The lowest BCUT2D eigenvalue weighted by atomic mass is 9.73. The van der Waals surface area contributed by atoms with Gasteiger partial charge in [-0.25, -0.2) is 0 Å². The van der Waals surface area contributed by atoms with Crippen LogP contribution in [0.2, 0.25) is 0 Å². The van der Waals surface area contributed by atoms with Gasteiger partial charge in [0.25, 0.3) is 0 Å². The molecule has 2 aliphatic heterocycles. The summed E-state index contributed by atoms with van der Waals surface area (Å²) >= 11 is 0. The quantitative estimate of drug-likeness (QED) is 0.734. The van der Waals surface area contributed by atoms with Crippen LogP contribution in [0.4, 0.5) is 0 Å². The summed E-state index contributed by atoms with van der Waals surface area (Å²) < 4.78 is 23.5. The molecule has 3 fully saturated rings. The SMILES string of the molecule is CC(C)[C@@H]1CC[C@@H](C)[C@@]2(C1)OC(=O)C[C@](C)(C1OCCO1)O2. The molecule has 0 unspecified atom stereocenters. The first-order valence-electron chi connectivity index (χ1n) is 8.50. The molecule has 3 aliphatic rings. The number of esters is 1. The molecule has 0 aromatic heterocycles. The van der Waals surface area contributed by atoms with E-state index in [0.29, 0.717) is 25.0 Å². The molecule has 1 aliphatic carbocycles. The number of hydrogen-bond acceptors (Lipinski definition) is 5. The van der Waals surface area contributed by atoms with Gasteiger partial charge >= 0.3 is 5.97 Å². The van der Waals surface area contributed by atoms with E-state index in [1.165, 1.54) is 0 Å². The highest BCUT2D eigenvalue weighted by atomic mass is 16.8. The van der Waals surface area contributed by atoms with Gasteiger partial charge in [-0.3, -0.25) is 4.79 Å². The first kappa shape index (κ1) is 16.2. The standard InChI is InChI=1S/C17H28O5/c1-11(2)13-6-5-12(3)17(9-13)21-14(18)10-16(4,22-17)15-19-7-8-20-15/h11-13,15H,5-10H2,1-4H3/t12-,13-,16-,17+/m1/s1. The van der Waals surface area contributed by atoms with E-state index in [-0.39, 0.29) is 18.3 Å². The van der Waals surface area contributed by atoms with E-state index in [1.807, 2.05) is 6.92 Å². The lowest BCUT2D eigenvalue weighted by molar-refractivity contribution is -0.363. The molecule has 0 bridgehead atoms. The zero-order valence-corrected chi connectivity index (χ0v) is 14.1. The highest BCUT2D eigenvalue weighted by Crippen LogP contribution is 2.49. The van der Waals surface area contributed by atoms with Crippen LogP contribution in [0.5, 0.6) is 0 Å². The normalized spacial score (nSPS) is 43.8. The Balaban J connectivity index is 1.85. The zero-order valence-electron chi connectivity index (χ0n) is 14.1. The fourth-order valence-corrected chi connectivity index (χ4v) is 4.02. The first-order chi connectivity index (χ1) is 10.3. The molecule has 4 atom stereocenters. The molecule has 0 aromatic carbocycles. The minimum atomic E-state index is -0.827. The van der Waals surface area contributed by atoms with E-state index in [2.05, 4.69) is 20.8 Å². The van der Waals surface area contributed by atoms with Gasteiger partial charge < -0.3 is 18.9 Å². The Labute approximate surface area is 132 Å². The van der Waals surface area contributed by atoms with Crippen LogP contribution in [0, 0.1) is 17.8 Å². The molecule has 2 heterocycles. The Kier molecular flexibility index (Phi) is 4.25. The van der Waals surface area contributed by atoms with Gasteiger partial charge in [-0.1, -0.05) is 20.8 Å². The average molecular weight is 312 g/mol. The van der Waals surface area contributed by atoms with Crippen LogP contribution in [0.3, 0.4) is 0 Å². The van der Waals surface area contributed by atoms with E-state index >= 15 is 0 Å². The molecule has 0 radical (unpaired) electrons. The van der Waals surface area contributed by atoms with Crippen LogP contribution < -0.4 is 0 Å². The Morgan fingerprint density at radius 2 is 1.86 bits per heavy atom. The van der Waals surface area contributed by atoms with Crippen molar-refractivity contribution in [1.82, 2.24) is 0 Å². The Morgan fingerprint density at radius 1 is 1.18 bits per heavy atom. The number of carbonyl (C=O) groups is 1. The summed E-state index contributed by atoms with van der Waals surface area (Å²) in [5.41, 5.74) is -0.765. The molecule has 3 rings (SSSR count). The summed E-state index contributed by atoms with van der Waals surface area (Å²) in [6, 6.07) is 0. The van der Waals surface area contributed by atoms with Gasteiger partial charge in [0.2, 0.25) is 5.79 Å². The second-order valence-corrected chi connectivity index (χ2v) is 7.64. The maximum absolute atomic E-state index is 12.3. The van der Waals surface area contributed by atoms with Gasteiger partial charge in [-0.05, 0) is 31.6 Å². The molecule has 1 saturated carbocycles.